The van der Waals surface area contributed by atoms with Gasteiger partial charge in [-0.1, -0.05) is 22.0 Å². The highest BCUT2D eigenvalue weighted by Gasteiger charge is 2.11. The maximum Gasteiger partial charge on any atom is 0.0798 e. The van der Waals surface area contributed by atoms with Crippen LogP contribution >= 0.6 is 27.3 Å². The predicted molar refractivity (Wildman–Crippen MR) is 85.9 cm³/mol. The number of aryl methyl sites for hydroxylation is 1. The topological polar surface area (TPSA) is 28.2 Å². The predicted octanol–water partition coefficient (Wildman–Crippen LogP) is 3.57. The molecule has 1 aromatic heterocycles. The first-order chi connectivity index (χ1) is 9.11. The number of nitrogens with zero attached hydrogens (tertiary/aromatic N) is 2. The summed E-state index contributed by atoms with van der Waals surface area (Å²) < 4.78 is 1.11. The van der Waals surface area contributed by atoms with Crippen LogP contribution in [0.5, 0.6) is 0 Å². The lowest BCUT2D eigenvalue weighted by Crippen LogP contribution is -2.19. The number of rotatable bonds is 5. The van der Waals surface area contributed by atoms with E-state index in [9.17, 15) is 0 Å². The molecule has 19 heavy (non-hydrogen) atoms. The van der Waals surface area contributed by atoms with E-state index in [0.717, 1.165) is 23.3 Å². The Labute approximate surface area is 126 Å². The van der Waals surface area contributed by atoms with Crippen LogP contribution in [0.15, 0.2) is 28.2 Å². The van der Waals surface area contributed by atoms with Crippen LogP contribution in [0, 0.1) is 6.92 Å². The Bertz CT molecular complexity index is 553. The van der Waals surface area contributed by atoms with Gasteiger partial charge in [-0.2, -0.15) is 0 Å². The third-order valence-electron chi connectivity index (χ3n) is 3.05. The summed E-state index contributed by atoms with van der Waals surface area (Å²) in [6.07, 6.45) is 0. The molecule has 0 aliphatic heterocycles. The molecule has 0 fully saturated rings. The van der Waals surface area contributed by atoms with Gasteiger partial charge < -0.3 is 10.2 Å². The lowest BCUT2D eigenvalue weighted by Gasteiger charge is -2.22. The first-order valence-corrected chi connectivity index (χ1v) is 7.82. The molecule has 0 aliphatic rings. The quantitative estimate of drug-likeness (QED) is 0.902. The molecule has 0 atom stereocenters. The normalized spacial score (nSPS) is 10.7. The second kappa shape index (κ2) is 6.50. The first-order valence-electron chi connectivity index (χ1n) is 6.15. The number of halogens is 1. The van der Waals surface area contributed by atoms with E-state index in [4.69, 9.17) is 0 Å². The summed E-state index contributed by atoms with van der Waals surface area (Å²) in [5, 5.41) is 3.22. The maximum absolute atomic E-state index is 4.31. The molecule has 5 heteroatoms. The molecular weight excluding hydrogens is 322 g/mol. The minimum atomic E-state index is 0.870. The van der Waals surface area contributed by atoms with Crippen molar-refractivity contribution >= 4 is 33.0 Å². The van der Waals surface area contributed by atoms with Gasteiger partial charge in [-0.25, -0.2) is 4.98 Å². The van der Waals surface area contributed by atoms with Crippen molar-refractivity contribution in [2.75, 3.05) is 19.0 Å². The molecule has 0 aliphatic carbocycles. The molecular formula is C14H18BrN3S. The Hall–Kier alpha value is -0.910. The van der Waals surface area contributed by atoms with E-state index in [2.05, 4.69) is 63.3 Å². The SMILES string of the molecule is CNCc1ccc(Br)cc1N(C)Cc1scnc1C. The molecule has 0 radical (unpaired) electrons. The van der Waals surface area contributed by atoms with Gasteiger partial charge in [0.2, 0.25) is 0 Å². The van der Waals surface area contributed by atoms with Crippen molar-refractivity contribution in [1.82, 2.24) is 10.3 Å². The summed E-state index contributed by atoms with van der Waals surface area (Å²) >= 11 is 5.27. The highest BCUT2D eigenvalue weighted by molar-refractivity contribution is 9.10. The highest BCUT2D eigenvalue weighted by atomic mass is 79.9. The summed E-state index contributed by atoms with van der Waals surface area (Å²) in [5.74, 6) is 0. The van der Waals surface area contributed by atoms with Gasteiger partial charge in [-0.3, -0.25) is 0 Å². The minimum absolute atomic E-state index is 0.870. The fourth-order valence-corrected chi connectivity index (χ4v) is 3.19. The van der Waals surface area contributed by atoms with E-state index >= 15 is 0 Å². The number of anilines is 1. The molecule has 1 N–H and O–H groups in total. The van der Waals surface area contributed by atoms with Gasteiger partial charge in [0, 0.05) is 28.6 Å². The number of nitrogens with one attached hydrogen (secondary N) is 1. The fourth-order valence-electron chi connectivity index (χ4n) is 2.01. The van der Waals surface area contributed by atoms with Gasteiger partial charge in [0.05, 0.1) is 17.7 Å². The molecule has 3 nitrogen and oxygen atoms in total. The van der Waals surface area contributed by atoms with Crippen molar-refractivity contribution in [1.29, 1.82) is 0 Å². The summed E-state index contributed by atoms with van der Waals surface area (Å²) in [6, 6.07) is 6.41. The molecule has 0 spiro atoms. The molecule has 0 bridgehead atoms. The molecule has 0 saturated heterocycles. The monoisotopic (exact) mass is 339 g/mol. The average molecular weight is 340 g/mol. The largest absolute Gasteiger partial charge is 0.369 e. The first kappa shape index (κ1) is 14.5. The van der Waals surface area contributed by atoms with Gasteiger partial charge in [0.15, 0.2) is 0 Å². The van der Waals surface area contributed by atoms with Gasteiger partial charge in [0.1, 0.15) is 0 Å². The van der Waals surface area contributed by atoms with E-state index in [0.29, 0.717) is 0 Å². The minimum Gasteiger partial charge on any atom is -0.369 e. The number of thiazole rings is 1. The molecule has 0 saturated carbocycles. The molecule has 2 rings (SSSR count). The highest BCUT2D eigenvalue weighted by Crippen LogP contribution is 2.26. The van der Waals surface area contributed by atoms with Crippen molar-refractivity contribution in [2.45, 2.75) is 20.0 Å². The van der Waals surface area contributed by atoms with Gasteiger partial charge in [-0.05, 0) is 31.7 Å². The molecule has 1 heterocycles. The summed E-state index contributed by atoms with van der Waals surface area (Å²) in [4.78, 5) is 7.90. The Balaban J connectivity index is 2.24. The summed E-state index contributed by atoms with van der Waals surface area (Å²) in [5.41, 5.74) is 5.59. The Morgan fingerprint density at radius 2 is 2.21 bits per heavy atom. The van der Waals surface area contributed by atoms with Crippen LogP contribution in [0.25, 0.3) is 0 Å². The van der Waals surface area contributed by atoms with Crippen LogP contribution < -0.4 is 10.2 Å². The molecule has 102 valence electrons. The van der Waals surface area contributed by atoms with E-state index in [-0.39, 0.29) is 0 Å². The second-order valence-corrected chi connectivity index (χ2v) is 6.38. The van der Waals surface area contributed by atoms with E-state index in [1.165, 1.54) is 16.1 Å². The number of hydrogen-bond donors (Lipinski definition) is 1. The average Bonchev–Trinajstić information content (AvgIpc) is 2.77. The zero-order chi connectivity index (χ0) is 13.8. The van der Waals surface area contributed by atoms with Crippen LogP contribution in [-0.2, 0) is 13.1 Å². The standard InChI is InChI=1S/C14H18BrN3S/c1-10-14(19-9-17-10)8-18(3)13-6-12(15)5-4-11(13)7-16-2/h4-6,9,16H,7-8H2,1-3H3. The maximum atomic E-state index is 4.31. The Kier molecular flexibility index (Phi) is 4.96. The third kappa shape index (κ3) is 3.55. The van der Waals surface area contributed by atoms with Gasteiger partial charge in [0.25, 0.3) is 0 Å². The van der Waals surface area contributed by atoms with E-state index < -0.39 is 0 Å². The molecule has 1 aromatic carbocycles. The van der Waals surface area contributed by atoms with Crippen LogP contribution in [0.4, 0.5) is 5.69 Å². The van der Waals surface area contributed by atoms with Crippen molar-refractivity contribution in [2.24, 2.45) is 0 Å². The summed E-state index contributed by atoms with van der Waals surface area (Å²) in [6.45, 7) is 3.83. The molecule has 0 unspecified atom stereocenters. The van der Waals surface area contributed by atoms with Crippen LogP contribution in [0.2, 0.25) is 0 Å². The fraction of sp³-hybridized carbons (Fsp3) is 0.357. The Morgan fingerprint density at radius 1 is 1.42 bits per heavy atom. The zero-order valence-electron chi connectivity index (χ0n) is 11.4. The van der Waals surface area contributed by atoms with Gasteiger partial charge in [-0.15, -0.1) is 11.3 Å². The number of benzene rings is 1. The second-order valence-electron chi connectivity index (χ2n) is 4.52. The van der Waals surface area contributed by atoms with Crippen LogP contribution in [0.3, 0.4) is 0 Å². The zero-order valence-corrected chi connectivity index (χ0v) is 13.8. The summed E-state index contributed by atoms with van der Waals surface area (Å²) in [7, 11) is 4.10. The lowest BCUT2D eigenvalue weighted by atomic mass is 10.1. The van der Waals surface area contributed by atoms with E-state index in [1.807, 2.05) is 12.6 Å². The number of hydrogen-bond acceptors (Lipinski definition) is 4. The van der Waals surface area contributed by atoms with Crippen molar-refractivity contribution in [3.63, 3.8) is 0 Å². The third-order valence-corrected chi connectivity index (χ3v) is 4.46. The molecule has 0 amide bonds. The van der Waals surface area contributed by atoms with Crippen LogP contribution in [-0.4, -0.2) is 19.1 Å². The van der Waals surface area contributed by atoms with Crippen molar-refractivity contribution in [3.05, 3.63) is 44.3 Å². The lowest BCUT2D eigenvalue weighted by molar-refractivity contribution is 0.805. The van der Waals surface area contributed by atoms with Crippen molar-refractivity contribution < 1.29 is 0 Å². The molecule has 2 aromatic rings. The number of aromatic nitrogens is 1. The van der Waals surface area contributed by atoms with Crippen LogP contribution in [0.1, 0.15) is 16.1 Å². The smallest absolute Gasteiger partial charge is 0.0798 e. The van der Waals surface area contributed by atoms with Gasteiger partial charge >= 0.3 is 0 Å². The van der Waals surface area contributed by atoms with E-state index in [1.54, 1.807) is 11.3 Å². The van der Waals surface area contributed by atoms with Crippen molar-refractivity contribution in [3.8, 4) is 0 Å². The Morgan fingerprint density at radius 3 is 2.84 bits per heavy atom.